The van der Waals surface area contributed by atoms with Gasteiger partial charge in [0.15, 0.2) is 0 Å². The van der Waals surface area contributed by atoms with Crippen molar-refractivity contribution in [2.24, 2.45) is 5.73 Å². The molecule has 3 N–H and O–H groups in total. The number of hydrogen-bond acceptors (Lipinski definition) is 2. The first-order chi connectivity index (χ1) is 6.45. The second kappa shape index (κ2) is 3.88. The molecule has 1 aromatic rings. The Kier molecular flexibility index (Phi) is 3.00. The summed E-state index contributed by atoms with van der Waals surface area (Å²) in [5.41, 5.74) is 5.11. The van der Waals surface area contributed by atoms with Crippen molar-refractivity contribution in [2.45, 2.75) is 12.1 Å². The van der Waals surface area contributed by atoms with E-state index in [0.29, 0.717) is 0 Å². The Hall–Kier alpha value is -1.23. The summed E-state index contributed by atoms with van der Waals surface area (Å²) in [7, 11) is 0. The molecule has 14 heavy (non-hydrogen) atoms. The van der Waals surface area contributed by atoms with Crippen LogP contribution < -0.4 is 5.73 Å². The minimum Gasteiger partial charge on any atom is -0.508 e. The molecule has 0 heterocycles. The summed E-state index contributed by atoms with van der Waals surface area (Å²) >= 11 is 0. The van der Waals surface area contributed by atoms with Crippen molar-refractivity contribution in [3.8, 4) is 5.75 Å². The molecule has 0 aliphatic rings. The Morgan fingerprint density at radius 2 is 1.71 bits per heavy atom. The summed E-state index contributed by atoms with van der Waals surface area (Å²) in [4.78, 5) is 0. The first kappa shape index (κ1) is 10.8. The van der Waals surface area contributed by atoms with Gasteiger partial charge in [0.05, 0.1) is 5.92 Å². The Morgan fingerprint density at radius 1 is 1.21 bits per heavy atom. The highest BCUT2D eigenvalue weighted by Gasteiger charge is 2.39. The lowest BCUT2D eigenvalue weighted by molar-refractivity contribution is -0.148. The minimum atomic E-state index is -4.34. The highest BCUT2D eigenvalue weighted by molar-refractivity contribution is 5.29. The largest absolute Gasteiger partial charge is 0.508 e. The minimum absolute atomic E-state index is 0.0632. The van der Waals surface area contributed by atoms with Crippen molar-refractivity contribution >= 4 is 0 Å². The van der Waals surface area contributed by atoms with Crippen LogP contribution in [0.4, 0.5) is 13.2 Å². The molecule has 0 radical (unpaired) electrons. The maximum atomic E-state index is 12.4. The molecule has 0 saturated heterocycles. The molecule has 0 amide bonds. The van der Waals surface area contributed by atoms with Crippen LogP contribution >= 0.6 is 0 Å². The number of rotatable bonds is 2. The van der Waals surface area contributed by atoms with Gasteiger partial charge in [-0.2, -0.15) is 13.2 Å². The van der Waals surface area contributed by atoms with Crippen LogP contribution in [0.3, 0.4) is 0 Å². The fraction of sp³-hybridized carbons (Fsp3) is 0.333. The molecule has 0 saturated carbocycles. The van der Waals surface area contributed by atoms with E-state index < -0.39 is 18.6 Å². The van der Waals surface area contributed by atoms with Gasteiger partial charge in [-0.25, -0.2) is 0 Å². The van der Waals surface area contributed by atoms with E-state index in [9.17, 15) is 13.2 Å². The smallest absolute Gasteiger partial charge is 0.396 e. The summed E-state index contributed by atoms with van der Waals surface area (Å²) in [6.07, 6.45) is -4.34. The van der Waals surface area contributed by atoms with Gasteiger partial charge in [-0.3, -0.25) is 0 Å². The van der Waals surface area contributed by atoms with Crippen LogP contribution in [0, 0.1) is 0 Å². The maximum Gasteiger partial charge on any atom is 0.396 e. The third-order valence-electron chi connectivity index (χ3n) is 1.93. The topological polar surface area (TPSA) is 46.2 Å². The SMILES string of the molecule is NCC(c1ccc(O)cc1)C(F)(F)F. The van der Waals surface area contributed by atoms with Crippen LogP contribution in [0.25, 0.3) is 0 Å². The molecule has 0 fully saturated rings. The average molecular weight is 205 g/mol. The van der Waals surface area contributed by atoms with E-state index in [4.69, 9.17) is 10.8 Å². The summed E-state index contributed by atoms with van der Waals surface area (Å²) in [5.74, 6) is -1.73. The number of phenols is 1. The van der Waals surface area contributed by atoms with Gasteiger partial charge >= 0.3 is 6.18 Å². The monoisotopic (exact) mass is 205 g/mol. The fourth-order valence-electron chi connectivity index (χ4n) is 1.17. The van der Waals surface area contributed by atoms with Crippen LogP contribution in [-0.4, -0.2) is 17.8 Å². The molecule has 0 aliphatic carbocycles. The number of phenolic OH excluding ortho intramolecular Hbond substituents is 1. The summed E-state index contributed by atoms with van der Waals surface area (Å²) in [5, 5.41) is 8.90. The Bertz CT molecular complexity index is 294. The van der Waals surface area contributed by atoms with Crippen molar-refractivity contribution in [3.05, 3.63) is 29.8 Å². The van der Waals surface area contributed by atoms with Gasteiger partial charge in [0.25, 0.3) is 0 Å². The molecular formula is C9H10F3NO. The lowest BCUT2D eigenvalue weighted by Gasteiger charge is -2.18. The van der Waals surface area contributed by atoms with Crippen molar-refractivity contribution in [3.63, 3.8) is 0 Å². The standard InChI is InChI=1S/C9H10F3NO/c10-9(11,12)8(5-13)6-1-3-7(14)4-2-6/h1-4,8,14H,5,13H2. The molecule has 1 aromatic carbocycles. The first-order valence-corrected chi connectivity index (χ1v) is 4.01. The molecule has 1 atom stereocenters. The van der Waals surface area contributed by atoms with Crippen LogP contribution in [0.2, 0.25) is 0 Å². The molecule has 5 heteroatoms. The highest BCUT2D eigenvalue weighted by atomic mass is 19.4. The quantitative estimate of drug-likeness (QED) is 0.775. The highest BCUT2D eigenvalue weighted by Crippen LogP contribution is 2.34. The molecule has 78 valence electrons. The van der Waals surface area contributed by atoms with E-state index >= 15 is 0 Å². The van der Waals surface area contributed by atoms with E-state index in [2.05, 4.69) is 0 Å². The third-order valence-corrected chi connectivity index (χ3v) is 1.93. The number of benzene rings is 1. The van der Waals surface area contributed by atoms with Crippen LogP contribution in [0.1, 0.15) is 11.5 Å². The number of hydrogen-bond donors (Lipinski definition) is 2. The van der Waals surface area contributed by atoms with Gasteiger partial charge in [0, 0.05) is 6.54 Å². The van der Waals surface area contributed by atoms with Crippen LogP contribution in [0.5, 0.6) is 5.75 Å². The van der Waals surface area contributed by atoms with Crippen LogP contribution in [-0.2, 0) is 0 Å². The van der Waals surface area contributed by atoms with Gasteiger partial charge in [0.2, 0.25) is 0 Å². The van der Waals surface area contributed by atoms with E-state index in [-0.39, 0.29) is 11.3 Å². The zero-order valence-electron chi connectivity index (χ0n) is 7.25. The third kappa shape index (κ3) is 2.38. The summed E-state index contributed by atoms with van der Waals surface area (Å²) < 4.78 is 37.1. The molecule has 0 aliphatic heterocycles. The van der Waals surface area contributed by atoms with Crippen molar-refractivity contribution in [2.75, 3.05) is 6.54 Å². The predicted molar refractivity (Wildman–Crippen MR) is 46.0 cm³/mol. The molecule has 1 rings (SSSR count). The lowest BCUT2D eigenvalue weighted by atomic mass is 9.99. The second-order valence-electron chi connectivity index (χ2n) is 2.92. The van der Waals surface area contributed by atoms with E-state index in [1.165, 1.54) is 24.3 Å². The van der Waals surface area contributed by atoms with Gasteiger partial charge in [0.1, 0.15) is 5.75 Å². The van der Waals surface area contributed by atoms with Gasteiger partial charge < -0.3 is 10.8 Å². The maximum absolute atomic E-state index is 12.4. The van der Waals surface area contributed by atoms with E-state index in [0.717, 1.165) is 0 Å². The van der Waals surface area contributed by atoms with Gasteiger partial charge in [-0.15, -0.1) is 0 Å². The van der Waals surface area contributed by atoms with E-state index in [1.807, 2.05) is 0 Å². The zero-order valence-corrected chi connectivity index (χ0v) is 7.25. The molecule has 0 aromatic heterocycles. The summed E-state index contributed by atoms with van der Waals surface area (Å²) in [6.45, 7) is -0.492. The second-order valence-corrected chi connectivity index (χ2v) is 2.92. The predicted octanol–water partition coefficient (Wildman–Crippen LogP) is 2.00. The van der Waals surface area contributed by atoms with Crippen molar-refractivity contribution < 1.29 is 18.3 Å². The van der Waals surface area contributed by atoms with Crippen molar-refractivity contribution in [1.29, 1.82) is 0 Å². The number of nitrogens with two attached hydrogens (primary N) is 1. The molecule has 1 unspecified atom stereocenters. The van der Waals surface area contributed by atoms with Crippen LogP contribution in [0.15, 0.2) is 24.3 Å². The average Bonchev–Trinajstić information content (AvgIpc) is 2.07. The zero-order chi connectivity index (χ0) is 10.8. The Balaban J connectivity index is 2.96. The number of halogens is 3. The van der Waals surface area contributed by atoms with E-state index in [1.54, 1.807) is 0 Å². The Labute approximate surface area is 79.2 Å². The molecule has 0 spiro atoms. The fourth-order valence-corrected chi connectivity index (χ4v) is 1.17. The van der Waals surface area contributed by atoms with Crippen molar-refractivity contribution in [1.82, 2.24) is 0 Å². The molecule has 2 nitrogen and oxygen atoms in total. The number of aromatic hydroxyl groups is 1. The van der Waals surface area contributed by atoms with Gasteiger partial charge in [-0.1, -0.05) is 12.1 Å². The lowest BCUT2D eigenvalue weighted by Crippen LogP contribution is -2.27. The number of alkyl halides is 3. The Morgan fingerprint density at radius 3 is 2.07 bits per heavy atom. The molecular weight excluding hydrogens is 195 g/mol. The normalized spacial score (nSPS) is 14.0. The van der Waals surface area contributed by atoms with Gasteiger partial charge in [-0.05, 0) is 17.7 Å². The molecule has 0 bridgehead atoms. The summed E-state index contributed by atoms with van der Waals surface area (Å²) in [6, 6.07) is 4.87. The first-order valence-electron chi connectivity index (χ1n) is 4.01.